The van der Waals surface area contributed by atoms with Crippen molar-refractivity contribution in [2.24, 2.45) is 4.40 Å². The molecule has 2 aromatic rings. The summed E-state index contributed by atoms with van der Waals surface area (Å²) < 4.78 is 40.3. The Bertz CT molecular complexity index is 1090. The predicted octanol–water partition coefficient (Wildman–Crippen LogP) is 3.72. The largest absolute Gasteiger partial charge is 0.346 e. The predicted molar refractivity (Wildman–Crippen MR) is 111 cm³/mol. The Balaban J connectivity index is 2.06. The summed E-state index contributed by atoms with van der Waals surface area (Å²) in [6.07, 6.45) is 4.78. The molecular formula is C21H19NO4S2. The second-order valence-corrected chi connectivity index (χ2v) is 8.56. The number of nitrogens with zero attached hydrogens (tertiary/aromatic N) is 1. The molecule has 0 saturated carbocycles. The van der Waals surface area contributed by atoms with Crippen LogP contribution < -0.4 is 0 Å². The van der Waals surface area contributed by atoms with Gasteiger partial charge in [0.05, 0.1) is 21.1 Å². The molecule has 0 N–H and O–H groups in total. The maximum Gasteiger partial charge on any atom is 0.282 e. The van der Waals surface area contributed by atoms with Crippen LogP contribution in [-0.4, -0.2) is 34.1 Å². The first-order chi connectivity index (χ1) is 13.4. The van der Waals surface area contributed by atoms with Crippen LogP contribution in [-0.2, 0) is 19.5 Å². The standard InChI is InChI=1S/C21H19NO4S2/c1-16-6-10-19(11-7-16)28(23,24)22-20-12-13-21(25-2,26-3)15-17(20)8-9-18-5-4-14-27-18/h4-7,10-15H,1-3H3/b22-20+. The van der Waals surface area contributed by atoms with Gasteiger partial charge in [-0.05, 0) is 48.7 Å². The van der Waals surface area contributed by atoms with Crippen molar-refractivity contribution in [3.8, 4) is 11.8 Å². The van der Waals surface area contributed by atoms with Gasteiger partial charge in [-0.25, -0.2) is 0 Å². The number of sulfonamides is 1. The van der Waals surface area contributed by atoms with Gasteiger partial charge in [-0.1, -0.05) is 35.6 Å². The third-order valence-corrected chi connectivity index (χ3v) is 6.20. The number of rotatable bonds is 4. The van der Waals surface area contributed by atoms with Crippen LogP contribution in [0.1, 0.15) is 10.4 Å². The first kappa shape index (κ1) is 20.2. The highest BCUT2D eigenvalue weighted by Crippen LogP contribution is 2.25. The topological polar surface area (TPSA) is 65.0 Å². The smallest absolute Gasteiger partial charge is 0.282 e. The van der Waals surface area contributed by atoms with Crippen molar-refractivity contribution in [3.05, 3.63) is 76.0 Å². The van der Waals surface area contributed by atoms with Gasteiger partial charge in [0.2, 0.25) is 5.79 Å². The molecule has 3 rings (SSSR count). The molecule has 0 aliphatic heterocycles. The van der Waals surface area contributed by atoms with Crippen molar-refractivity contribution in [3.63, 3.8) is 0 Å². The van der Waals surface area contributed by atoms with E-state index < -0.39 is 15.8 Å². The number of methoxy groups -OCH3 is 2. The lowest BCUT2D eigenvalue weighted by Gasteiger charge is -2.27. The van der Waals surface area contributed by atoms with Gasteiger partial charge in [-0.3, -0.25) is 0 Å². The summed E-state index contributed by atoms with van der Waals surface area (Å²) in [6.45, 7) is 1.89. The second kappa shape index (κ2) is 8.25. The summed E-state index contributed by atoms with van der Waals surface area (Å²) in [7, 11) is -0.884. The molecule has 28 heavy (non-hydrogen) atoms. The minimum atomic E-state index is -3.88. The summed E-state index contributed by atoms with van der Waals surface area (Å²) in [5.74, 6) is 4.90. The highest BCUT2D eigenvalue weighted by atomic mass is 32.2. The fraction of sp³-hybridized carbons (Fsp3) is 0.190. The lowest BCUT2D eigenvalue weighted by atomic mass is 10.00. The number of hydrogen-bond donors (Lipinski definition) is 0. The number of benzene rings is 1. The molecule has 0 atom stereocenters. The van der Waals surface area contributed by atoms with Gasteiger partial charge in [-0.15, -0.1) is 11.3 Å². The van der Waals surface area contributed by atoms with Crippen LogP contribution in [0.3, 0.4) is 0 Å². The third-order valence-electron chi connectivity index (χ3n) is 4.11. The summed E-state index contributed by atoms with van der Waals surface area (Å²) >= 11 is 1.50. The normalized spacial score (nSPS) is 17.1. The molecule has 0 fully saturated rings. The molecule has 1 aromatic carbocycles. The molecule has 0 bridgehead atoms. The Labute approximate surface area is 169 Å². The highest BCUT2D eigenvalue weighted by Gasteiger charge is 2.29. The van der Waals surface area contributed by atoms with Gasteiger partial charge in [0, 0.05) is 14.2 Å². The van der Waals surface area contributed by atoms with E-state index in [1.54, 1.807) is 30.4 Å². The summed E-state index contributed by atoms with van der Waals surface area (Å²) in [5, 5.41) is 1.92. The van der Waals surface area contributed by atoms with E-state index in [-0.39, 0.29) is 10.6 Å². The first-order valence-electron chi connectivity index (χ1n) is 8.37. The zero-order chi connectivity index (χ0) is 20.2. The number of allylic oxidation sites excluding steroid dienone is 2. The molecule has 0 radical (unpaired) electrons. The van der Waals surface area contributed by atoms with Crippen molar-refractivity contribution in [1.82, 2.24) is 0 Å². The van der Waals surface area contributed by atoms with Gasteiger partial charge in [-0.2, -0.15) is 12.8 Å². The quantitative estimate of drug-likeness (QED) is 0.566. The fourth-order valence-corrected chi connectivity index (χ4v) is 4.07. The average molecular weight is 414 g/mol. The van der Waals surface area contributed by atoms with E-state index in [1.165, 1.54) is 37.7 Å². The van der Waals surface area contributed by atoms with Gasteiger partial charge >= 0.3 is 0 Å². The lowest BCUT2D eigenvalue weighted by Crippen LogP contribution is -2.32. The molecule has 1 aliphatic carbocycles. The van der Waals surface area contributed by atoms with Crippen LogP contribution in [0.25, 0.3) is 0 Å². The van der Waals surface area contributed by atoms with Crippen LogP contribution in [0.4, 0.5) is 0 Å². The van der Waals surface area contributed by atoms with E-state index >= 15 is 0 Å². The Morgan fingerprint density at radius 2 is 1.79 bits per heavy atom. The Morgan fingerprint density at radius 3 is 2.39 bits per heavy atom. The lowest BCUT2D eigenvalue weighted by molar-refractivity contribution is -0.133. The number of aryl methyl sites for hydroxylation is 1. The maximum atomic E-state index is 12.7. The molecule has 0 saturated heterocycles. The Hall–Kier alpha value is -2.50. The van der Waals surface area contributed by atoms with E-state index in [0.29, 0.717) is 5.57 Å². The maximum absolute atomic E-state index is 12.7. The molecule has 1 heterocycles. The van der Waals surface area contributed by atoms with Gasteiger partial charge in [0.25, 0.3) is 10.0 Å². The number of ether oxygens (including phenoxy) is 2. The molecule has 0 unspecified atom stereocenters. The summed E-state index contributed by atoms with van der Waals surface area (Å²) in [4.78, 5) is 0.983. The van der Waals surface area contributed by atoms with Crippen LogP contribution >= 0.6 is 11.3 Å². The molecular weight excluding hydrogens is 394 g/mol. The zero-order valence-electron chi connectivity index (χ0n) is 15.7. The van der Waals surface area contributed by atoms with E-state index in [4.69, 9.17) is 9.47 Å². The van der Waals surface area contributed by atoms with Gasteiger partial charge in [0.1, 0.15) is 0 Å². The van der Waals surface area contributed by atoms with Crippen LogP contribution in [0.2, 0.25) is 0 Å². The third kappa shape index (κ3) is 4.49. The van der Waals surface area contributed by atoms with Gasteiger partial charge < -0.3 is 9.47 Å². The van der Waals surface area contributed by atoms with E-state index in [0.717, 1.165) is 10.4 Å². The zero-order valence-corrected chi connectivity index (χ0v) is 17.3. The molecule has 1 aromatic heterocycles. The van der Waals surface area contributed by atoms with Crippen molar-refractivity contribution in [2.45, 2.75) is 17.6 Å². The molecule has 0 spiro atoms. The second-order valence-electron chi connectivity index (χ2n) is 6.01. The van der Waals surface area contributed by atoms with Crippen molar-refractivity contribution < 1.29 is 17.9 Å². The molecule has 0 amide bonds. The minimum Gasteiger partial charge on any atom is -0.346 e. The molecule has 7 heteroatoms. The fourth-order valence-electron chi connectivity index (χ4n) is 2.50. The Morgan fingerprint density at radius 1 is 1.07 bits per heavy atom. The summed E-state index contributed by atoms with van der Waals surface area (Å²) in [5.41, 5.74) is 1.61. The SMILES string of the molecule is COC1(OC)C=C/C(=N\S(=O)(=O)c2ccc(C)cc2)C(C#Cc2cccs2)=C1. The molecule has 5 nitrogen and oxygen atoms in total. The Kier molecular flexibility index (Phi) is 5.96. The van der Waals surface area contributed by atoms with Crippen LogP contribution in [0.5, 0.6) is 0 Å². The van der Waals surface area contributed by atoms with Gasteiger partial charge in [0.15, 0.2) is 0 Å². The minimum absolute atomic E-state index is 0.125. The van der Waals surface area contributed by atoms with E-state index in [2.05, 4.69) is 16.2 Å². The van der Waals surface area contributed by atoms with Crippen molar-refractivity contribution >= 4 is 27.1 Å². The highest BCUT2D eigenvalue weighted by molar-refractivity contribution is 7.90. The average Bonchev–Trinajstić information content (AvgIpc) is 3.21. The monoisotopic (exact) mass is 413 g/mol. The number of hydrogen-bond acceptors (Lipinski definition) is 5. The van der Waals surface area contributed by atoms with Crippen molar-refractivity contribution in [2.75, 3.05) is 14.2 Å². The van der Waals surface area contributed by atoms with E-state index in [1.807, 2.05) is 24.4 Å². The first-order valence-corrected chi connectivity index (χ1v) is 10.7. The van der Waals surface area contributed by atoms with Crippen LogP contribution in [0, 0.1) is 18.8 Å². The molecule has 144 valence electrons. The number of thiophene rings is 1. The molecule has 1 aliphatic rings. The van der Waals surface area contributed by atoms with Crippen LogP contribution in [0.15, 0.2) is 74.9 Å². The van der Waals surface area contributed by atoms with E-state index in [9.17, 15) is 8.42 Å². The summed E-state index contributed by atoms with van der Waals surface area (Å²) in [6, 6.07) is 10.3. The van der Waals surface area contributed by atoms with Crippen molar-refractivity contribution in [1.29, 1.82) is 0 Å².